The van der Waals surface area contributed by atoms with E-state index >= 15 is 0 Å². The second-order valence-electron chi connectivity index (χ2n) is 6.71. The lowest BCUT2D eigenvalue weighted by atomic mass is 10.0. The van der Waals surface area contributed by atoms with Crippen LogP contribution in [0.15, 0.2) is 71.1 Å². The summed E-state index contributed by atoms with van der Waals surface area (Å²) in [6.07, 6.45) is 0.811. The topological polar surface area (TPSA) is 51.0 Å². The van der Waals surface area contributed by atoms with Crippen molar-refractivity contribution in [2.24, 2.45) is 0 Å². The number of hydrogen-bond donors (Lipinski definition) is 1. The van der Waals surface area contributed by atoms with Gasteiger partial charge in [-0.2, -0.15) is 0 Å². The number of aryl methyl sites for hydroxylation is 1. The maximum absolute atomic E-state index is 13.6. The summed E-state index contributed by atoms with van der Waals surface area (Å²) in [5, 5.41) is 11.8. The van der Waals surface area contributed by atoms with Crippen molar-refractivity contribution in [3.8, 4) is 11.5 Å². The molecule has 0 saturated carbocycles. The molecule has 152 valence electrons. The van der Waals surface area contributed by atoms with E-state index in [-0.39, 0.29) is 16.8 Å². The highest BCUT2D eigenvalue weighted by Crippen LogP contribution is 2.34. The summed E-state index contributed by atoms with van der Waals surface area (Å²) in [5.74, 6) is -0.435. The zero-order valence-electron chi connectivity index (χ0n) is 16.1. The molecule has 0 aliphatic rings. The second kappa shape index (κ2) is 8.63. The lowest BCUT2D eigenvalue weighted by Gasteiger charge is -2.20. The zero-order chi connectivity index (χ0) is 21.1. The third-order valence-electron chi connectivity index (χ3n) is 4.73. The minimum atomic E-state index is -0.624. The Labute approximate surface area is 177 Å². The van der Waals surface area contributed by atoms with E-state index in [0.717, 1.165) is 17.7 Å². The fourth-order valence-electron chi connectivity index (χ4n) is 3.22. The lowest BCUT2D eigenvalue weighted by molar-refractivity contribution is 0.493. The third kappa shape index (κ3) is 4.19. The number of aromatic nitrogens is 2. The van der Waals surface area contributed by atoms with Crippen LogP contribution in [0, 0.1) is 11.6 Å². The van der Waals surface area contributed by atoms with Crippen LogP contribution in [0.2, 0.25) is 5.02 Å². The first kappa shape index (κ1) is 20.0. The van der Waals surface area contributed by atoms with Crippen molar-refractivity contribution in [2.45, 2.75) is 19.4 Å². The number of para-hydroxylation sites is 1. The van der Waals surface area contributed by atoms with Crippen molar-refractivity contribution in [1.29, 1.82) is 0 Å². The van der Waals surface area contributed by atoms with Gasteiger partial charge in [-0.1, -0.05) is 48.9 Å². The van der Waals surface area contributed by atoms with Gasteiger partial charge in [0.05, 0.1) is 0 Å². The standard InChI is InChI=1S/C23H18ClF2N3O/c1-2-14-6-3-4-9-20(14)27-21(18-11-10-17(26)13-19(18)24)23-29-28-22(30-23)15-7-5-8-16(25)12-15/h3-13,21,27H,2H2,1H3/t21-/m0/s1. The molecule has 0 spiro atoms. The first-order valence-electron chi connectivity index (χ1n) is 9.44. The van der Waals surface area contributed by atoms with Crippen molar-refractivity contribution in [2.75, 3.05) is 5.32 Å². The number of nitrogens with zero attached hydrogens (tertiary/aromatic N) is 2. The Morgan fingerprint density at radius 3 is 2.53 bits per heavy atom. The molecular formula is C23H18ClF2N3O. The summed E-state index contributed by atoms with van der Waals surface area (Å²) in [5.41, 5.74) is 3.01. The SMILES string of the molecule is CCc1ccccc1N[C@H](c1nnc(-c2cccc(F)c2)o1)c1ccc(F)cc1Cl. The average molecular weight is 426 g/mol. The number of hydrogen-bond acceptors (Lipinski definition) is 4. The van der Waals surface area contributed by atoms with Crippen LogP contribution >= 0.6 is 11.6 Å². The molecule has 0 aliphatic heterocycles. The normalized spacial score (nSPS) is 12.0. The highest BCUT2D eigenvalue weighted by Gasteiger charge is 2.25. The quantitative estimate of drug-likeness (QED) is 0.386. The maximum Gasteiger partial charge on any atom is 0.247 e. The molecule has 4 aromatic rings. The Hall–Kier alpha value is -3.25. The van der Waals surface area contributed by atoms with Gasteiger partial charge in [0.25, 0.3) is 0 Å². The minimum Gasteiger partial charge on any atom is -0.418 e. The van der Waals surface area contributed by atoms with Crippen LogP contribution in [0.4, 0.5) is 14.5 Å². The molecule has 3 aromatic carbocycles. The highest BCUT2D eigenvalue weighted by atomic mass is 35.5. The molecular weight excluding hydrogens is 408 g/mol. The summed E-state index contributed by atoms with van der Waals surface area (Å²) in [6, 6.07) is 17.2. The van der Waals surface area contributed by atoms with E-state index in [4.69, 9.17) is 16.0 Å². The molecule has 1 heterocycles. The number of rotatable bonds is 6. The van der Waals surface area contributed by atoms with Gasteiger partial charge >= 0.3 is 0 Å². The van der Waals surface area contributed by atoms with Crippen molar-refractivity contribution >= 4 is 17.3 Å². The molecule has 0 aliphatic carbocycles. The van der Waals surface area contributed by atoms with Crippen LogP contribution in [0.25, 0.3) is 11.5 Å². The van der Waals surface area contributed by atoms with Gasteiger partial charge in [0, 0.05) is 21.8 Å². The third-order valence-corrected chi connectivity index (χ3v) is 5.06. The summed E-state index contributed by atoms with van der Waals surface area (Å²) < 4.78 is 33.1. The number of anilines is 1. The lowest BCUT2D eigenvalue weighted by Crippen LogP contribution is -2.14. The Morgan fingerprint density at radius 1 is 0.967 bits per heavy atom. The number of nitrogens with one attached hydrogen (secondary N) is 1. The van der Waals surface area contributed by atoms with Crippen LogP contribution in [0.5, 0.6) is 0 Å². The zero-order valence-corrected chi connectivity index (χ0v) is 16.8. The van der Waals surface area contributed by atoms with Gasteiger partial charge in [0.15, 0.2) is 0 Å². The van der Waals surface area contributed by atoms with Crippen molar-refractivity contribution in [1.82, 2.24) is 10.2 Å². The van der Waals surface area contributed by atoms with Gasteiger partial charge in [0.2, 0.25) is 11.8 Å². The fourth-order valence-corrected chi connectivity index (χ4v) is 3.50. The van der Waals surface area contributed by atoms with Crippen LogP contribution < -0.4 is 5.32 Å². The summed E-state index contributed by atoms with van der Waals surface area (Å²) in [6.45, 7) is 2.05. The maximum atomic E-state index is 13.6. The van der Waals surface area contributed by atoms with E-state index in [1.54, 1.807) is 18.2 Å². The van der Waals surface area contributed by atoms with Crippen molar-refractivity contribution < 1.29 is 13.2 Å². The van der Waals surface area contributed by atoms with E-state index in [2.05, 4.69) is 22.4 Å². The first-order chi connectivity index (χ1) is 14.5. The molecule has 4 nitrogen and oxygen atoms in total. The molecule has 1 N–H and O–H groups in total. The van der Waals surface area contributed by atoms with Gasteiger partial charge in [-0.25, -0.2) is 8.78 Å². The summed E-state index contributed by atoms with van der Waals surface area (Å²) >= 11 is 6.34. The van der Waals surface area contributed by atoms with E-state index < -0.39 is 17.7 Å². The van der Waals surface area contributed by atoms with E-state index in [1.165, 1.54) is 24.3 Å². The summed E-state index contributed by atoms with van der Waals surface area (Å²) in [7, 11) is 0. The van der Waals surface area contributed by atoms with E-state index in [1.807, 2.05) is 24.3 Å². The molecule has 0 amide bonds. The molecule has 30 heavy (non-hydrogen) atoms. The Bertz CT molecular complexity index is 1180. The molecule has 0 radical (unpaired) electrons. The molecule has 0 fully saturated rings. The molecule has 4 rings (SSSR count). The average Bonchev–Trinajstić information content (AvgIpc) is 3.23. The Morgan fingerprint density at radius 2 is 1.77 bits per heavy atom. The Kier molecular flexibility index (Phi) is 5.77. The largest absolute Gasteiger partial charge is 0.418 e. The number of halogens is 3. The molecule has 1 atom stereocenters. The van der Waals surface area contributed by atoms with Gasteiger partial charge in [0.1, 0.15) is 17.7 Å². The van der Waals surface area contributed by atoms with Crippen LogP contribution in [0.1, 0.15) is 30.0 Å². The molecule has 7 heteroatoms. The van der Waals surface area contributed by atoms with E-state index in [9.17, 15) is 8.78 Å². The molecule has 1 aromatic heterocycles. The molecule has 0 saturated heterocycles. The fraction of sp³-hybridized carbons (Fsp3) is 0.130. The van der Waals surface area contributed by atoms with E-state index in [0.29, 0.717) is 11.1 Å². The van der Waals surface area contributed by atoms with Gasteiger partial charge in [-0.15, -0.1) is 10.2 Å². The van der Waals surface area contributed by atoms with Gasteiger partial charge in [-0.3, -0.25) is 0 Å². The monoisotopic (exact) mass is 425 g/mol. The molecule has 0 bridgehead atoms. The van der Waals surface area contributed by atoms with Crippen molar-refractivity contribution in [3.05, 3.63) is 100 Å². The predicted molar refractivity (Wildman–Crippen MR) is 112 cm³/mol. The van der Waals surface area contributed by atoms with Crippen molar-refractivity contribution in [3.63, 3.8) is 0 Å². The molecule has 0 unspecified atom stereocenters. The Balaban J connectivity index is 1.77. The van der Waals surface area contributed by atoms with Crippen LogP contribution in [-0.4, -0.2) is 10.2 Å². The summed E-state index contributed by atoms with van der Waals surface area (Å²) in [4.78, 5) is 0. The second-order valence-corrected chi connectivity index (χ2v) is 7.12. The smallest absolute Gasteiger partial charge is 0.247 e. The number of benzene rings is 3. The predicted octanol–water partition coefficient (Wildman–Crippen LogP) is 6.43. The van der Waals surface area contributed by atoms with Crippen LogP contribution in [0.3, 0.4) is 0 Å². The first-order valence-corrected chi connectivity index (χ1v) is 9.81. The van der Waals surface area contributed by atoms with Gasteiger partial charge in [-0.05, 0) is 48.4 Å². The van der Waals surface area contributed by atoms with Gasteiger partial charge < -0.3 is 9.73 Å². The minimum absolute atomic E-state index is 0.179. The highest BCUT2D eigenvalue weighted by molar-refractivity contribution is 6.31. The van der Waals surface area contributed by atoms with Crippen LogP contribution in [-0.2, 0) is 6.42 Å².